The molecule has 0 N–H and O–H groups in total. The van der Waals surface area contributed by atoms with Crippen LogP contribution in [-0.2, 0) is 6.42 Å². The molecule has 1 rings (SSSR count). The molecule has 0 spiro atoms. The second-order valence-electron chi connectivity index (χ2n) is 3.42. The lowest BCUT2D eigenvalue weighted by atomic mass is 10.0. The molecule has 0 aliphatic rings. The van der Waals surface area contributed by atoms with Crippen molar-refractivity contribution in [2.45, 2.75) is 13.3 Å². The molecule has 1 aromatic carbocycles. The zero-order chi connectivity index (χ0) is 11.3. The van der Waals surface area contributed by atoms with Crippen LogP contribution >= 0.6 is 11.8 Å². The summed E-state index contributed by atoms with van der Waals surface area (Å²) in [6.07, 6.45) is 0.457. The Labute approximate surface area is 92.1 Å². The topological polar surface area (TPSA) is 23.8 Å². The lowest BCUT2D eigenvalue weighted by Crippen LogP contribution is -2.05. The highest BCUT2D eigenvalue weighted by Gasteiger charge is 2.11. The van der Waals surface area contributed by atoms with E-state index in [4.69, 9.17) is 5.26 Å². The van der Waals surface area contributed by atoms with Crippen LogP contribution in [0.1, 0.15) is 12.5 Å². The number of benzene rings is 1. The average Bonchev–Trinajstić information content (AvgIpc) is 2.22. The van der Waals surface area contributed by atoms with E-state index in [-0.39, 0.29) is 5.92 Å². The van der Waals surface area contributed by atoms with Gasteiger partial charge in [0.25, 0.3) is 0 Å². The first-order valence-corrected chi connectivity index (χ1v) is 5.57. The van der Waals surface area contributed by atoms with Crippen LogP contribution in [0.25, 0.3) is 0 Å². The van der Waals surface area contributed by atoms with Crippen LogP contribution in [0.4, 0.5) is 8.78 Å². The molecule has 0 saturated carbocycles. The molecule has 1 atom stereocenters. The molecule has 0 aliphatic heterocycles. The quantitative estimate of drug-likeness (QED) is 0.736. The first-order chi connectivity index (χ1) is 7.15. The van der Waals surface area contributed by atoms with Crippen LogP contribution < -0.4 is 0 Å². The van der Waals surface area contributed by atoms with Gasteiger partial charge in [-0.2, -0.15) is 5.26 Å². The highest BCUT2D eigenvalue weighted by Crippen LogP contribution is 2.17. The molecule has 0 heterocycles. The molecule has 0 aliphatic carbocycles. The minimum Gasteiger partial charge on any atom is -0.204 e. The highest BCUT2D eigenvalue weighted by atomic mass is 32.2. The van der Waals surface area contributed by atoms with Crippen molar-refractivity contribution in [3.05, 3.63) is 35.4 Å². The molecule has 0 saturated heterocycles. The number of hydrogen-bond donors (Lipinski definition) is 0. The number of nitrogens with zero attached hydrogens (tertiary/aromatic N) is 1. The van der Waals surface area contributed by atoms with Crippen molar-refractivity contribution in [1.82, 2.24) is 0 Å². The number of halogens is 2. The summed E-state index contributed by atoms with van der Waals surface area (Å²) in [5.74, 6) is -0.795. The van der Waals surface area contributed by atoms with E-state index in [1.807, 2.05) is 12.3 Å². The smallest absolute Gasteiger partial charge is 0.162 e. The molecular weight excluding hydrogens is 216 g/mol. The van der Waals surface area contributed by atoms with Gasteiger partial charge in [0.2, 0.25) is 0 Å². The first-order valence-electron chi connectivity index (χ1n) is 4.59. The summed E-state index contributed by atoms with van der Waals surface area (Å²) in [5.41, 5.74) is 0.376. The Balaban J connectivity index is 2.65. The summed E-state index contributed by atoms with van der Waals surface area (Å²) in [6.45, 7) is 1.91. The van der Waals surface area contributed by atoms with Crippen LogP contribution in [0.2, 0.25) is 0 Å². The molecule has 0 fully saturated rings. The second kappa shape index (κ2) is 5.72. The minimum atomic E-state index is -0.812. The summed E-state index contributed by atoms with van der Waals surface area (Å²) in [7, 11) is 0. The van der Waals surface area contributed by atoms with Crippen LogP contribution in [-0.4, -0.2) is 5.75 Å². The zero-order valence-corrected chi connectivity index (χ0v) is 9.15. The molecule has 0 amide bonds. The Bertz CT molecular complexity index is 373. The van der Waals surface area contributed by atoms with Crippen molar-refractivity contribution in [1.29, 1.82) is 5.26 Å². The molecule has 1 aromatic rings. The van der Waals surface area contributed by atoms with Gasteiger partial charge in [-0.25, -0.2) is 8.78 Å². The molecular formula is C11H11F2NS. The monoisotopic (exact) mass is 227 g/mol. The standard InChI is InChI=1S/C11H11F2NS/c1-8(6-15-7-14)5-9-3-2-4-10(12)11(9)13/h2-4,8H,5-6H2,1H3. The Kier molecular flexibility index (Phi) is 4.57. The minimum absolute atomic E-state index is 0.158. The fourth-order valence-corrected chi connectivity index (χ4v) is 1.80. The second-order valence-corrected chi connectivity index (χ2v) is 4.23. The van der Waals surface area contributed by atoms with Gasteiger partial charge < -0.3 is 0 Å². The van der Waals surface area contributed by atoms with E-state index in [9.17, 15) is 8.78 Å². The first kappa shape index (κ1) is 12.0. The van der Waals surface area contributed by atoms with Gasteiger partial charge in [-0.15, -0.1) is 0 Å². The van der Waals surface area contributed by atoms with Gasteiger partial charge in [-0.05, 0) is 35.7 Å². The molecule has 15 heavy (non-hydrogen) atoms. The van der Waals surface area contributed by atoms with Crippen LogP contribution in [0.3, 0.4) is 0 Å². The SMILES string of the molecule is CC(CSC#N)Cc1cccc(F)c1F. The summed E-state index contributed by atoms with van der Waals surface area (Å²) < 4.78 is 26.1. The summed E-state index contributed by atoms with van der Waals surface area (Å²) >= 11 is 1.13. The average molecular weight is 227 g/mol. The maximum Gasteiger partial charge on any atom is 0.162 e. The summed E-state index contributed by atoms with van der Waals surface area (Å²) in [4.78, 5) is 0. The van der Waals surface area contributed by atoms with E-state index in [1.165, 1.54) is 6.07 Å². The van der Waals surface area contributed by atoms with Gasteiger partial charge in [0.05, 0.1) is 0 Å². The number of rotatable bonds is 4. The third kappa shape index (κ3) is 3.52. The number of nitriles is 1. The van der Waals surface area contributed by atoms with Gasteiger partial charge in [0.1, 0.15) is 5.40 Å². The number of thioether (sulfide) groups is 1. The Morgan fingerprint density at radius 3 is 2.87 bits per heavy atom. The van der Waals surface area contributed by atoms with Crippen LogP contribution in [0.15, 0.2) is 18.2 Å². The fourth-order valence-electron chi connectivity index (χ4n) is 1.32. The van der Waals surface area contributed by atoms with Crippen molar-refractivity contribution in [3.63, 3.8) is 0 Å². The maximum absolute atomic E-state index is 13.2. The third-order valence-corrected chi connectivity index (χ3v) is 2.90. The molecule has 1 unspecified atom stereocenters. The Hall–Kier alpha value is -1.08. The van der Waals surface area contributed by atoms with Gasteiger partial charge in [-0.1, -0.05) is 19.1 Å². The lowest BCUT2D eigenvalue weighted by Gasteiger charge is -2.09. The molecule has 0 aromatic heterocycles. The van der Waals surface area contributed by atoms with Crippen LogP contribution in [0, 0.1) is 28.2 Å². The van der Waals surface area contributed by atoms with Gasteiger partial charge >= 0.3 is 0 Å². The molecule has 0 bridgehead atoms. The van der Waals surface area contributed by atoms with Crippen LogP contribution in [0.5, 0.6) is 0 Å². The zero-order valence-electron chi connectivity index (χ0n) is 8.34. The van der Waals surface area contributed by atoms with Gasteiger partial charge in [0.15, 0.2) is 11.6 Å². The van der Waals surface area contributed by atoms with Gasteiger partial charge in [0, 0.05) is 5.75 Å². The van der Waals surface area contributed by atoms with Crippen molar-refractivity contribution in [2.75, 3.05) is 5.75 Å². The normalized spacial score (nSPS) is 12.1. The van der Waals surface area contributed by atoms with E-state index in [0.29, 0.717) is 17.7 Å². The van der Waals surface area contributed by atoms with E-state index in [1.54, 1.807) is 6.07 Å². The van der Waals surface area contributed by atoms with Crippen molar-refractivity contribution in [2.24, 2.45) is 5.92 Å². The number of thiocyanates is 1. The van der Waals surface area contributed by atoms with E-state index < -0.39 is 11.6 Å². The molecule has 4 heteroatoms. The molecule has 0 radical (unpaired) electrons. The van der Waals surface area contributed by atoms with E-state index >= 15 is 0 Å². The Morgan fingerprint density at radius 2 is 2.20 bits per heavy atom. The molecule has 1 nitrogen and oxygen atoms in total. The predicted octanol–water partition coefficient (Wildman–Crippen LogP) is 3.36. The van der Waals surface area contributed by atoms with E-state index in [2.05, 4.69) is 0 Å². The molecule has 80 valence electrons. The number of hydrogen-bond acceptors (Lipinski definition) is 2. The fraction of sp³-hybridized carbons (Fsp3) is 0.364. The highest BCUT2D eigenvalue weighted by molar-refractivity contribution is 8.03. The van der Waals surface area contributed by atoms with Crippen molar-refractivity contribution in [3.8, 4) is 5.40 Å². The van der Waals surface area contributed by atoms with Crippen molar-refractivity contribution >= 4 is 11.8 Å². The summed E-state index contributed by atoms with van der Waals surface area (Å²) in [5, 5.41) is 10.3. The van der Waals surface area contributed by atoms with Crippen molar-refractivity contribution < 1.29 is 8.78 Å². The third-order valence-electron chi connectivity index (χ3n) is 2.03. The predicted molar refractivity (Wildman–Crippen MR) is 57.3 cm³/mol. The maximum atomic E-state index is 13.2. The Morgan fingerprint density at radius 1 is 1.47 bits per heavy atom. The van der Waals surface area contributed by atoms with Gasteiger partial charge in [-0.3, -0.25) is 0 Å². The summed E-state index contributed by atoms with van der Waals surface area (Å²) in [6, 6.07) is 4.18. The largest absolute Gasteiger partial charge is 0.204 e. The van der Waals surface area contributed by atoms with E-state index in [0.717, 1.165) is 17.8 Å². The lowest BCUT2D eigenvalue weighted by molar-refractivity contribution is 0.490.